The number of hydrogen-bond donors (Lipinski definition) is 0. The average molecular weight is 250 g/mol. The number of rotatable bonds is 2. The van der Waals surface area contributed by atoms with Crippen molar-refractivity contribution in [2.24, 2.45) is 0 Å². The van der Waals surface area contributed by atoms with Gasteiger partial charge in [0.2, 0.25) is 5.95 Å². The van der Waals surface area contributed by atoms with Gasteiger partial charge in [0.25, 0.3) is 5.91 Å². The Morgan fingerprint density at radius 1 is 1.44 bits per heavy atom. The lowest BCUT2D eigenvalue weighted by atomic mass is 10.2. The van der Waals surface area contributed by atoms with Gasteiger partial charge in [-0.2, -0.15) is 0 Å². The number of nitrogens with zero attached hydrogens (tertiary/aromatic N) is 4. The molecule has 6 heteroatoms. The number of aryl methyl sites for hydroxylation is 1. The maximum atomic E-state index is 11.9. The molecule has 2 rings (SSSR count). The van der Waals surface area contributed by atoms with Crippen molar-refractivity contribution in [3.05, 3.63) is 18.0 Å². The minimum atomic E-state index is -0.432. The standard InChI is InChI=1S/C12H18N4O2/c1-9-6-13-12(14-7-9)16-4-5-18-10(8-16)11(17)15(2)3/h6-7,10H,4-5,8H2,1-3H3. The van der Waals surface area contributed by atoms with Crippen molar-refractivity contribution >= 4 is 11.9 Å². The van der Waals surface area contributed by atoms with Crippen LogP contribution in [-0.2, 0) is 9.53 Å². The van der Waals surface area contributed by atoms with Crippen LogP contribution in [0, 0.1) is 6.92 Å². The van der Waals surface area contributed by atoms with Crippen LogP contribution in [0.15, 0.2) is 12.4 Å². The molecule has 18 heavy (non-hydrogen) atoms. The molecule has 0 aromatic carbocycles. The molecule has 1 amide bonds. The Bertz CT molecular complexity index is 419. The highest BCUT2D eigenvalue weighted by atomic mass is 16.5. The van der Waals surface area contributed by atoms with E-state index in [4.69, 9.17) is 4.74 Å². The summed E-state index contributed by atoms with van der Waals surface area (Å²) in [6, 6.07) is 0. The zero-order chi connectivity index (χ0) is 13.1. The number of carbonyl (C=O) groups is 1. The van der Waals surface area contributed by atoms with Crippen molar-refractivity contribution in [2.45, 2.75) is 13.0 Å². The summed E-state index contributed by atoms with van der Waals surface area (Å²) in [6.07, 6.45) is 3.12. The van der Waals surface area contributed by atoms with Gasteiger partial charge in [-0.3, -0.25) is 4.79 Å². The average Bonchev–Trinajstić information content (AvgIpc) is 2.38. The Morgan fingerprint density at radius 2 is 2.11 bits per heavy atom. The Kier molecular flexibility index (Phi) is 3.76. The number of ether oxygens (including phenoxy) is 1. The maximum absolute atomic E-state index is 11.9. The molecule has 1 atom stereocenters. The zero-order valence-electron chi connectivity index (χ0n) is 11.0. The molecule has 1 aliphatic rings. The van der Waals surface area contributed by atoms with Crippen LogP contribution in [-0.4, -0.2) is 60.7 Å². The van der Waals surface area contributed by atoms with E-state index in [0.717, 1.165) is 5.56 Å². The van der Waals surface area contributed by atoms with Crippen LogP contribution in [0.3, 0.4) is 0 Å². The fraction of sp³-hybridized carbons (Fsp3) is 0.583. The van der Waals surface area contributed by atoms with Crippen LogP contribution in [0.2, 0.25) is 0 Å². The molecule has 0 aliphatic carbocycles. The molecule has 0 saturated carbocycles. The summed E-state index contributed by atoms with van der Waals surface area (Å²) in [5, 5.41) is 0. The molecule has 0 spiro atoms. The second-order valence-corrected chi connectivity index (χ2v) is 4.60. The number of morpholine rings is 1. The van der Waals surface area contributed by atoms with Crippen molar-refractivity contribution in [3.63, 3.8) is 0 Å². The fourth-order valence-corrected chi connectivity index (χ4v) is 1.82. The van der Waals surface area contributed by atoms with Crippen molar-refractivity contribution in [3.8, 4) is 0 Å². The predicted molar refractivity (Wildman–Crippen MR) is 67.4 cm³/mol. The summed E-state index contributed by atoms with van der Waals surface area (Å²) in [6.45, 7) is 3.67. The van der Waals surface area contributed by atoms with Gasteiger partial charge in [0.05, 0.1) is 13.2 Å². The van der Waals surface area contributed by atoms with E-state index in [-0.39, 0.29) is 5.91 Å². The normalized spacial score (nSPS) is 19.7. The van der Waals surface area contributed by atoms with Crippen LogP contribution in [0.25, 0.3) is 0 Å². The van der Waals surface area contributed by atoms with Gasteiger partial charge in [-0.1, -0.05) is 0 Å². The molecule has 1 aliphatic heterocycles. The van der Waals surface area contributed by atoms with Gasteiger partial charge in [0, 0.05) is 33.0 Å². The molecule has 0 N–H and O–H groups in total. The molecular weight excluding hydrogens is 232 g/mol. The highest BCUT2D eigenvalue weighted by molar-refractivity contribution is 5.81. The number of aromatic nitrogens is 2. The molecule has 1 unspecified atom stereocenters. The Labute approximate surface area is 107 Å². The summed E-state index contributed by atoms with van der Waals surface area (Å²) in [5.74, 6) is 0.632. The summed E-state index contributed by atoms with van der Waals surface area (Å²) in [7, 11) is 3.46. The van der Waals surface area contributed by atoms with Gasteiger partial charge >= 0.3 is 0 Å². The first-order valence-electron chi connectivity index (χ1n) is 5.94. The molecule has 0 radical (unpaired) electrons. The van der Waals surface area contributed by atoms with Gasteiger partial charge in [-0.05, 0) is 12.5 Å². The van der Waals surface area contributed by atoms with Crippen LogP contribution in [0.4, 0.5) is 5.95 Å². The molecule has 1 fully saturated rings. The van der Waals surface area contributed by atoms with Gasteiger partial charge in [-0.25, -0.2) is 9.97 Å². The highest BCUT2D eigenvalue weighted by Gasteiger charge is 2.28. The third kappa shape index (κ3) is 2.76. The van der Waals surface area contributed by atoms with E-state index < -0.39 is 6.10 Å². The molecular formula is C12H18N4O2. The van der Waals surface area contributed by atoms with Gasteiger partial charge in [0.15, 0.2) is 6.10 Å². The third-order valence-corrected chi connectivity index (χ3v) is 2.83. The summed E-state index contributed by atoms with van der Waals surface area (Å²) in [5.41, 5.74) is 1.02. The molecule has 1 aromatic heterocycles. The van der Waals surface area contributed by atoms with E-state index in [1.54, 1.807) is 31.4 Å². The van der Waals surface area contributed by atoms with Crippen LogP contribution < -0.4 is 4.90 Å². The summed E-state index contributed by atoms with van der Waals surface area (Å²) < 4.78 is 5.49. The number of hydrogen-bond acceptors (Lipinski definition) is 5. The lowest BCUT2D eigenvalue weighted by molar-refractivity contribution is -0.141. The minimum Gasteiger partial charge on any atom is -0.365 e. The second-order valence-electron chi connectivity index (χ2n) is 4.60. The third-order valence-electron chi connectivity index (χ3n) is 2.83. The van der Waals surface area contributed by atoms with Crippen LogP contribution >= 0.6 is 0 Å². The Hall–Kier alpha value is -1.69. The van der Waals surface area contributed by atoms with Crippen molar-refractivity contribution < 1.29 is 9.53 Å². The number of likely N-dealkylation sites (N-methyl/N-ethyl adjacent to an activating group) is 1. The monoisotopic (exact) mass is 250 g/mol. The lowest BCUT2D eigenvalue weighted by Gasteiger charge is -2.33. The van der Waals surface area contributed by atoms with Crippen molar-refractivity contribution in [1.29, 1.82) is 0 Å². The molecule has 0 bridgehead atoms. The smallest absolute Gasteiger partial charge is 0.253 e. The summed E-state index contributed by atoms with van der Waals surface area (Å²) >= 11 is 0. The lowest BCUT2D eigenvalue weighted by Crippen LogP contribution is -2.50. The van der Waals surface area contributed by atoms with Crippen molar-refractivity contribution in [1.82, 2.24) is 14.9 Å². The van der Waals surface area contributed by atoms with E-state index in [1.165, 1.54) is 0 Å². The van der Waals surface area contributed by atoms with E-state index in [1.807, 2.05) is 11.8 Å². The zero-order valence-corrected chi connectivity index (χ0v) is 11.0. The largest absolute Gasteiger partial charge is 0.365 e. The molecule has 2 heterocycles. The SMILES string of the molecule is Cc1cnc(N2CCOC(C(=O)N(C)C)C2)nc1. The number of amides is 1. The fourth-order valence-electron chi connectivity index (χ4n) is 1.82. The highest BCUT2D eigenvalue weighted by Crippen LogP contribution is 2.13. The van der Waals surface area contributed by atoms with Gasteiger partial charge in [-0.15, -0.1) is 0 Å². The number of carbonyl (C=O) groups excluding carboxylic acids is 1. The van der Waals surface area contributed by atoms with E-state index >= 15 is 0 Å². The topological polar surface area (TPSA) is 58.6 Å². The molecule has 98 valence electrons. The van der Waals surface area contributed by atoms with Crippen LogP contribution in [0.5, 0.6) is 0 Å². The summed E-state index contributed by atoms with van der Waals surface area (Å²) in [4.78, 5) is 23.9. The van der Waals surface area contributed by atoms with Gasteiger partial charge < -0.3 is 14.5 Å². The quantitative estimate of drug-likeness (QED) is 0.744. The first-order chi connectivity index (χ1) is 8.58. The van der Waals surface area contributed by atoms with Crippen LogP contribution in [0.1, 0.15) is 5.56 Å². The van der Waals surface area contributed by atoms with Gasteiger partial charge in [0.1, 0.15) is 0 Å². The van der Waals surface area contributed by atoms with E-state index in [0.29, 0.717) is 25.6 Å². The first kappa shape index (κ1) is 12.8. The second kappa shape index (κ2) is 5.30. The minimum absolute atomic E-state index is 0.0215. The molecule has 1 aromatic rings. The Balaban J connectivity index is 2.07. The maximum Gasteiger partial charge on any atom is 0.253 e. The molecule has 6 nitrogen and oxygen atoms in total. The number of anilines is 1. The first-order valence-corrected chi connectivity index (χ1v) is 5.94. The Morgan fingerprint density at radius 3 is 2.72 bits per heavy atom. The predicted octanol–water partition coefficient (Wildman–Crippen LogP) is 0.0784. The van der Waals surface area contributed by atoms with Crippen molar-refractivity contribution in [2.75, 3.05) is 38.7 Å². The molecule has 1 saturated heterocycles. The van der Waals surface area contributed by atoms with E-state index in [9.17, 15) is 4.79 Å². The van der Waals surface area contributed by atoms with E-state index in [2.05, 4.69) is 9.97 Å².